The van der Waals surface area contributed by atoms with Crippen molar-refractivity contribution in [2.24, 2.45) is 4.99 Å². The Morgan fingerprint density at radius 2 is 2.27 bits per heavy atom. The molecule has 8 heteroatoms. The highest BCUT2D eigenvalue weighted by molar-refractivity contribution is 14.0. The van der Waals surface area contributed by atoms with Crippen molar-refractivity contribution in [2.45, 2.75) is 32.4 Å². The molecule has 1 fully saturated rings. The Balaban J connectivity index is 0.00000338. The minimum atomic E-state index is 0. The van der Waals surface area contributed by atoms with Crippen molar-refractivity contribution in [3.05, 3.63) is 23.9 Å². The van der Waals surface area contributed by atoms with Crippen molar-refractivity contribution in [2.75, 3.05) is 51.9 Å². The van der Waals surface area contributed by atoms with Crippen LogP contribution in [0.4, 0.5) is 5.82 Å². The molecule has 2 N–H and O–H groups in total. The van der Waals surface area contributed by atoms with Gasteiger partial charge in [-0.1, -0.05) is 0 Å². The van der Waals surface area contributed by atoms with Gasteiger partial charge in [-0.25, -0.2) is 9.98 Å². The maximum Gasteiger partial charge on any atom is 0.191 e. The Kier molecular flexibility index (Phi) is 11.5. The summed E-state index contributed by atoms with van der Waals surface area (Å²) in [7, 11) is 3.97. The summed E-state index contributed by atoms with van der Waals surface area (Å²) in [6.07, 6.45) is 4.06. The average Bonchev–Trinajstić information content (AvgIpc) is 3.13. The highest BCUT2D eigenvalue weighted by Gasteiger charge is 2.15. The predicted molar refractivity (Wildman–Crippen MR) is 117 cm³/mol. The van der Waals surface area contributed by atoms with E-state index in [-0.39, 0.29) is 30.1 Å². The maximum atomic E-state index is 5.77. The summed E-state index contributed by atoms with van der Waals surface area (Å²) < 4.78 is 11.1. The molecule has 0 aromatic carbocycles. The number of hydrogen-bond donors (Lipinski definition) is 2. The van der Waals surface area contributed by atoms with Crippen LogP contribution in [0.1, 0.15) is 25.3 Å². The molecular formula is C18H32IN5O2. The Hall–Kier alpha value is -1.13. The Morgan fingerprint density at radius 1 is 1.42 bits per heavy atom. The van der Waals surface area contributed by atoms with Crippen molar-refractivity contribution in [1.82, 2.24) is 15.6 Å². The molecule has 26 heavy (non-hydrogen) atoms. The number of guanidine groups is 1. The second-order valence-corrected chi connectivity index (χ2v) is 6.25. The SMILES string of the molecule is CCNC(=NCc1ccnc(N(C)C)c1)NCCCOC1CCOC1.I. The molecule has 0 bridgehead atoms. The van der Waals surface area contributed by atoms with Gasteiger partial charge in [0.15, 0.2) is 5.96 Å². The summed E-state index contributed by atoms with van der Waals surface area (Å²) >= 11 is 0. The monoisotopic (exact) mass is 477 g/mol. The lowest BCUT2D eigenvalue weighted by Gasteiger charge is -2.14. The van der Waals surface area contributed by atoms with E-state index in [1.54, 1.807) is 0 Å². The number of nitrogens with one attached hydrogen (secondary N) is 2. The molecule has 1 aromatic heterocycles. The van der Waals surface area contributed by atoms with Gasteiger partial charge in [-0.2, -0.15) is 0 Å². The molecule has 2 rings (SSSR count). The van der Waals surface area contributed by atoms with Crippen molar-refractivity contribution in [3.8, 4) is 0 Å². The first-order valence-corrected chi connectivity index (χ1v) is 9.03. The second-order valence-electron chi connectivity index (χ2n) is 6.25. The molecule has 1 aliphatic rings. The van der Waals surface area contributed by atoms with Gasteiger partial charge in [-0.05, 0) is 37.5 Å². The smallest absolute Gasteiger partial charge is 0.191 e. The first-order valence-electron chi connectivity index (χ1n) is 9.03. The van der Waals surface area contributed by atoms with Crippen molar-refractivity contribution >= 4 is 35.8 Å². The van der Waals surface area contributed by atoms with E-state index >= 15 is 0 Å². The number of pyridine rings is 1. The molecule has 1 aromatic rings. The van der Waals surface area contributed by atoms with Crippen LogP contribution >= 0.6 is 24.0 Å². The van der Waals surface area contributed by atoms with Crippen LogP contribution in [0.3, 0.4) is 0 Å². The topological polar surface area (TPSA) is 71.0 Å². The molecule has 2 heterocycles. The van der Waals surface area contributed by atoms with Gasteiger partial charge in [-0.3, -0.25) is 0 Å². The van der Waals surface area contributed by atoms with Crippen LogP contribution in [-0.4, -0.2) is 64.1 Å². The van der Waals surface area contributed by atoms with Gasteiger partial charge in [-0.15, -0.1) is 24.0 Å². The van der Waals surface area contributed by atoms with Gasteiger partial charge in [0.25, 0.3) is 0 Å². The average molecular weight is 477 g/mol. The van der Waals surface area contributed by atoms with Crippen molar-refractivity contribution in [3.63, 3.8) is 0 Å². The van der Waals surface area contributed by atoms with Gasteiger partial charge in [0.2, 0.25) is 0 Å². The van der Waals surface area contributed by atoms with E-state index in [4.69, 9.17) is 9.47 Å². The van der Waals surface area contributed by atoms with Crippen LogP contribution < -0.4 is 15.5 Å². The zero-order valence-electron chi connectivity index (χ0n) is 16.0. The van der Waals surface area contributed by atoms with Crippen LogP contribution in [0.15, 0.2) is 23.3 Å². The van der Waals surface area contributed by atoms with E-state index in [0.717, 1.165) is 63.1 Å². The zero-order valence-corrected chi connectivity index (χ0v) is 18.4. The number of hydrogen-bond acceptors (Lipinski definition) is 5. The number of rotatable bonds is 9. The summed E-state index contributed by atoms with van der Waals surface area (Å²) in [6.45, 7) is 6.66. The lowest BCUT2D eigenvalue weighted by Crippen LogP contribution is -2.38. The van der Waals surface area contributed by atoms with Crippen molar-refractivity contribution in [1.29, 1.82) is 0 Å². The van der Waals surface area contributed by atoms with E-state index in [1.165, 1.54) is 0 Å². The Bertz CT molecular complexity index is 536. The van der Waals surface area contributed by atoms with Gasteiger partial charge >= 0.3 is 0 Å². The Labute approximate surface area is 174 Å². The Morgan fingerprint density at radius 3 is 2.96 bits per heavy atom. The van der Waals surface area contributed by atoms with Gasteiger partial charge in [0.05, 0.1) is 19.3 Å². The standard InChI is InChI=1S/C18H31N5O2.HI/c1-4-19-18(21-8-5-10-25-16-7-11-24-14-16)22-13-15-6-9-20-17(12-15)23(2)3;/h6,9,12,16H,4-5,7-8,10-11,13-14H2,1-3H3,(H2,19,21,22);1H. The maximum absolute atomic E-state index is 5.77. The first-order chi connectivity index (χ1) is 12.2. The summed E-state index contributed by atoms with van der Waals surface area (Å²) in [4.78, 5) is 11.0. The molecule has 0 amide bonds. The van der Waals surface area contributed by atoms with Crippen LogP contribution in [0.5, 0.6) is 0 Å². The van der Waals surface area contributed by atoms with Crippen LogP contribution in [0.25, 0.3) is 0 Å². The van der Waals surface area contributed by atoms with Gasteiger partial charge < -0.3 is 25.0 Å². The van der Waals surface area contributed by atoms with Crippen LogP contribution in [-0.2, 0) is 16.0 Å². The van der Waals surface area contributed by atoms with E-state index in [9.17, 15) is 0 Å². The van der Waals surface area contributed by atoms with Crippen molar-refractivity contribution < 1.29 is 9.47 Å². The lowest BCUT2D eigenvalue weighted by molar-refractivity contribution is 0.0420. The molecule has 0 saturated carbocycles. The number of anilines is 1. The number of ether oxygens (including phenoxy) is 2. The van der Waals surface area contributed by atoms with Gasteiger partial charge in [0.1, 0.15) is 5.82 Å². The normalized spacial score (nSPS) is 16.9. The van der Waals surface area contributed by atoms with Crippen LogP contribution in [0, 0.1) is 0 Å². The molecule has 148 valence electrons. The molecule has 1 aliphatic heterocycles. The summed E-state index contributed by atoms with van der Waals surface area (Å²) in [5, 5.41) is 6.63. The molecule has 1 unspecified atom stereocenters. The fraction of sp³-hybridized carbons (Fsp3) is 0.667. The number of halogens is 1. The molecular weight excluding hydrogens is 445 g/mol. The molecule has 7 nitrogen and oxygen atoms in total. The van der Waals surface area contributed by atoms with Crippen LogP contribution in [0.2, 0.25) is 0 Å². The van der Waals surface area contributed by atoms with E-state index < -0.39 is 0 Å². The third-order valence-corrected chi connectivity index (χ3v) is 3.89. The highest BCUT2D eigenvalue weighted by atomic mass is 127. The quantitative estimate of drug-likeness (QED) is 0.246. The largest absolute Gasteiger partial charge is 0.379 e. The number of aromatic nitrogens is 1. The molecule has 0 radical (unpaired) electrons. The third kappa shape index (κ3) is 8.50. The van der Waals surface area contributed by atoms with E-state index in [0.29, 0.717) is 6.54 Å². The van der Waals surface area contributed by atoms with E-state index in [1.807, 2.05) is 31.3 Å². The number of nitrogens with zero attached hydrogens (tertiary/aromatic N) is 3. The number of aliphatic imine (C=N–C) groups is 1. The zero-order chi connectivity index (χ0) is 17.9. The highest BCUT2D eigenvalue weighted by Crippen LogP contribution is 2.10. The summed E-state index contributed by atoms with van der Waals surface area (Å²) in [5.74, 6) is 1.77. The summed E-state index contributed by atoms with van der Waals surface area (Å²) in [5.41, 5.74) is 1.14. The molecule has 1 atom stereocenters. The summed E-state index contributed by atoms with van der Waals surface area (Å²) in [6, 6.07) is 4.06. The molecule has 1 saturated heterocycles. The predicted octanol–water partition coefficient (Wildman–Crippen LogP) is 2.02. The minimum absolute atomic E-state index is 0. The lowest BCUT2D eigenvalue weighted by atomic mass is 10.2. The molecule has 0 spiro atoms. The fourth-order valence-corrected chi connectivity index (χ4v) is 2.49. The van der Waals surface area contributed by atoms with Gasteiger partial charge in [0, 0.05) is 46.6 Å². The van der Waals surface area contributed by atoms with E-state index in [2.05, 4.69) is 33.6 Å². The third-order valence-electron chi connectivity index (χ3n) is 3.89. The first kappa shape index (κ1) is 22.9. The minimum Gasteiger partial charge on any atom is -0.379 e. The second kappa shape index (κ2) is 13.1. The molecule has 0 aliphatic carbocycles. The fourth-order valence-electron chi connectivity index (χ4n) is 2.49.